The maximum absolute atomic E-state index is 13.5. The van der Waals surface area contributed by atoms with Crippen LogP contribution in [-0.4, -0.2) is 46.7 Å². The molecule has 1 aliphatic heterocycles. The zero-order valence-electron chi connectivity index (χ0n) is 15.6. The molecule has 2 aromatic carbocycles. The van der Waals surface area contributed by atoms with Crippen LogP contribution in [0.5, 0.6) is 5.75 Å². The predicted molar refractivity (Wildman–Crippen MR) is 104 cm³/mol. The van der Waals surface area contributed by atoms with Gasteiger partial charge in [0.05, 0.1) is 28.8 Å². The molecule has 6 nitrogen and oxygen atoms in total. The van der Waals surface area contributed by atoms with Crippen molar-refractivity contribution in [3.8, 4) is 5.75 Å². The number of benzene rings is 2. The fraction of sp³-hybridized carbons (Fsp3) is 0.368. The van der Waals surface area contributed by atoms with E-state index < -0.39 is 42.5 Å². The Balaban J connectivity index is 1.83. The first-order valence-corrected chi connectivity index (χ1v) is 12.1. The number of hydrogen-bond acceptors (Lipinski definition) is 6. The highest BCUT2D eigenvalue weighted by atomic mass is 32.2. The zero-order valence-corrected chi connectivity index (χ0v) is 17.2. The van der Waals surface area contributed by atoms with Gasteiger partial charge in [0.2, 0.25) is 0 Å². The van der Waals surface area contributed by atoms with Gasteiger partial charge in [-0.15, -0.1) is 0 Å². The van der Waals surface area contributed by atoms with E-state index in [9.17, 15) is 21.2 Å². The number of nitrogens with one attached hydrogen (secondary N) is 1. The summed E-state index contributed by atoms with van der Waals surface area (Å²) in [5.74, 6) is -0.522. The minimum Gasteiger partial charge on any atom is -0.497 e. The second-order valence-electron chi connectivity index (χ2n) is 6.91. The summed E-state index contributed by atoms with van der Waals surface area (Å²) in [5.41, 5.74) is 1.07. The number of hydrogen-bond donors (Lipinski definition) is 1. The molecular weight excluding hydrogens is 405 g/mol. The van der Waals surface area contributed by atoms with Gasteiger partial charge in [0, 0.05) is 12.6 Å². The fourth-order valence-electron chi connectivity index (χ4n) is 3.27. The Hall–Kier alpha value is -1.97. The molecule has 1 saturated heterocycles. The highest BCUT2D eigenvalue weighted by molar-refractivity contribution is 7.96. The Morgan fingerprint density at radius 1 is 1.14 bits per heavy atom. The number of aryl methyl sites for hydroxylation is 1. The Morgan fingerprint density at radius 2 is 1.82 bits per heavy atom. The monoisotopic (exact) mass is 427 g/mol. The molecule has 1 aliphatic rings. The molecule has 28 heavy (non-hydrogen) atoms. The molecule has 2 atom stereocenters. The Bertz CT molecular complexity index is 1070. The summed E-state index contributed by atoms with van der Waals surface area (Å²) in [4.78, 5) is -0.0650. The van der Waals surface area contributed by atoms with E-state index in [1.165, 1.54) is 19.1 Å². The van der Waals surface area contributed by atoms with Crippen LogP contribution in [0.2, 0.25) is 0 Å². The second-order valence-corrected chi connectivity index (χ2v) is 11.2. The topological polar surface area (TPSA) is 89.5 Å². The van der Waals surface area contributed by atoms with Crippen molar-refractivity contribution in [1.82, 2.24) is 5.32 Å². The summed E-state index contributed by atoms with van der Waals surface area (Å²) in [6.45, 7) is 1.79. The van der Waals surface area contributed by atoms with Crippen LogP contribution in [0.15, 0.2) is 47.4 Å². The van der Waals surface area contributed by atoms with E-state index in [-0.39, 0.29) is 16.2 Å². The molecule has 3 rings (SSSR count). The van der Waals surface area contributed by atoms with Crippen molar-refractivity contribution in [2.75, 3.05) is 18.6 Å². The van der Waals surface area contributed by atoms with Gasteiger partial charge in [-0.2, -0.15) is 0 Å². The van der Waals surface area contributed by atoms with Crippen molar-refractivity contribution >= 4 is 19.7 Å². The molecule has 0 spiro atoms. The first kappa shape index (κ1) is 20.8. The van der Waals surface area contributed by atoms with Crippen molar-refractivity contribution < 1.29 is 26.0 Å². The van der Waals surface area contributed by atoms with Crippen LogP contribution in [0.4, 0.5) is 4.39 Å². The van der Waals surface area contributed by atoms with E-state index in [0.29, 0.717) is 12.3 Å². The maximum atomic E-state index is 13.5. The van der Waals surface area contributed by atoms with E-state index in [4.69, 9.17) is 4.74 Å². The quantitative estimate of drug-likeness (QED) is 0.708. The van der Waals surface area contributed by atoms with Crippen molar-refractivity contribution in [3.05, 3.63) is 59.4 Å². The molecule has 1 N–H and O–H groups in total. The van der Waals surface area contributed by atoms with Gasteiger partial charge in [-0.25, -0.2) is 21.2 Å². The van der Waals surface area contributed by atoms with Gasteiger partial charge in [-0.05, 0) is 48.4 Å². The van der Waals surface area contributed by atoms with Crippen LogP contribution in [0.25, 0.3) is 0 Å². The Kier molecular flexibility index (Phi) is 5.79. The third kappa shape index (κ3) is 4.37. The lowest BCUT2D eigenvalue weighted by Gasteiger charge is -2.20. The largest absolute Gasteiger partial charge is 0.497 e. The van der Waals surface area contributed by atoms with Gasteiger partial charge in [-0.3, -0.25) is 0 Å². The van der Waals surface area contributed by atoms with Gasteiger partial charge in [0.25, 0.3) is 0 Å². The smallest absolute Gasteiger partial charge is 0.183 e. The van der Waals surface area contributed by atoms with E-state index >= 15 is 0 Å². The summed E-state index contributed by atoms with van der Waals surface area (Å²) < 4.78 is 69.0. The van der Waals surface area contributed by atoms with E-state index in [0.717, 1.165) is 11.6 Å². The number of sulfone groups is 2. The van der Waals surface area contributed by atoms with Gasteiger partial charge in [0.1, 0.15) is 11.6 Å². The first-order chi connectivity index (χ1) is 13.1. The van der Waals surface area contributed by atoms with Gasteiger partial charge < -0.3 is 10.1 Å². The van der Waals surface area contributed by atoms with Gasteiger partial charge >= 0.3 is 0 Å². The van der Waals surface area contributed by atoms with Crippen molar-refractivity contribution in [3.63, 3.8) is 0 Å². The van der Waals surface area contributed by atoms with Gasteiger partial charge in [-0.1, -0.05) is 12.1 Å². The molecule has 0 aliphatic carbocycles. The molecule has 0 amide bonds. The van der Waals surface area contributed by atoms with Crippen LogP contribution in [0.3, 0.4) is 0 Å². The van der Waals surface area contributed by atoms with Crippen molar-refractivity contribution in [1.29, 1.82) is 0 Å². The molecular formula is C19H22FNO5S2. The summed E-state index contributed by atoms with van der Waals surface area (Å²) in [7, 11) is -5.89. The van der Waals surface area contributed by atoms with Crippen molar-refractivity contribution in [2.45, 2.75) is 29.7 Å². The molecule has 9 heteroatoms. The summed E-state index contributed by atoms with van der Waals surface area (Å²) in [6.07, 6.45) is 0. The molecule has 1 heterocycles. The molecule has 2 aromatic rings. The van der Waals surface area contributed by atoms with Crippen LogP contribution < -0.4 is 10.1 Å². The summed E-state index contributed by atoms with van der Waals surface area (Å²) in [6, 6.07) is 9.97. The summed E-state index contributed by atoms with van der Waals surface area (Å²) >= 11 is 0. The lowest BCUT2D eigenvalue weighted by molar-refractivity contribution is 0.414. The van der Waals surface area contributed by atoms with E-state index in [1.54, 1.807) is 19.2 Å². The van der Waals surface area contributed by atoms with Crippen LogP contribution in [0.1, 0.15) is 11.1 Å². The lowest BCUT2D eigenvalue weighted by Crippen LogP contribution is -2.43. The summed E-state index contributed by atoms with van der Waals surface area (Å²) in [5, 5.41) is 1.95. The normalized spacial score (nSPS) is 21.5. The third-order valence-corrected chi connectivity index (χ3v) is 9.03. The van der Waals surface area contributed by atoms with Gasteiger partial charge in [0.15, 0.2) is 19.7 Å². The molecule has 0 radical (unpaired) electrons. The molecule has 2 unspecified atom stereocenters. The average Bonchev–Trinajstić information content (AvgIpc) is 2.98. The molecule has 1 fully saturated rings. The van der Waals surface area contributed by atoms with Crippen molar-refractivity contribution in [2.24, 2.45) is 0 Å². The van der Waals surface area contributed by atoms with Crippen LogP contribution in [0, 0.1) is 12.7 Å². The highest BCUT2D eigenvalue weighted by Gasteiger charge is 2.45. The Labute approximate surface area is 164 Å². The third-order valence-electron chi connectivity index (χ3n) is 4.88. The SMILES string of the molecule is COc1ccc(CNC2CS(=O)(=O)CC2S(=O)(=O)c2ccc(F)c(C)c2)cc1. The molecule has 0 saturated carbocycles. The highest BCUT2D eigenvalue weighted by Crippen LogP contribution is 2.27. The van der Waals surface area contributed by atoms with E-state index in [1.807, 2.05) is 12.1 Å². The Morgan fingerprint density at radius 3 is 2.43 bits per heavy atom. The molecule has 0 bridgehead atoms. The minimum absolute atomic E-state index is 0.0650. The van der Waals surface area contributed by atoms with Crippen LogP contribution in [-0.2, 0) is 26.2 Å². The standard InChI is InChI=1S/C19H22FNO5S2/c1-13-9-16(7-8-17(13)20)28(24,25)19-12-27(22,23)11-18(19)21-10-14-3-5-15(26-2)6-4-14/h3-9,18-19,21H,10-12H2,1-2H3. The number of ether oxygens (including phenoxy) is 1. The number of halogens is 1. The number of methoxy groups -OCH3 is 1. The molecule has 152 valence electrons. The predicted octanol–water partition coefficient (Wildman–Crippen LogP) is 1.87. The first-order valence-electron chi connectivity index (χ1n) is 8.69. The van der Waals surface area contributed by atoms with Crippen LogP contribution >= 0.6 is 0 Å². The molecule has 0 aromatic heterocycles. The number of rotatable bonds is 6. The maximum Gasteiger partial charge on any atom is 0.183 e. The lowest BCUT2D eigenvalue weighted by atomic mass is 10.2. The second kappa shape index (κ2) is 7.81. The fourth-order valence-corrected chi connectivity index (χ4v) is 8.07. The van der Waals surface area contributed by atoms with E-state index in [2.05, 4.69) is 5.32 Å². The zero-order chi connectivity index (χ0) is 20.5. The average molecular weight is 428 g/mol. The minimum atomic E-state index is -3.94.